The van der Waals surface area contributed by atoms with E-state index in [1.165, 1.54) is 6.07 Å². The van der Waals surface area contributed by atoms with Gasteiger partial charge >= 0.3 is 0 Å². The number of hydrogen-bond donors (Lipinski definition) is 2. The Labute approximate surface area is 99.0 Å². The number of fused-ring (bicyclic) bond motifs is 1. The normalized spacial score (nSPS) is 28.5. The predicted octanol–water partition coefficient (Wildman–Crippen LogP) is -0.00340. The summed E-state index contributed by atoms with van der Waals surface area (Å²) in [6.07, 6.45) is 1.12. The third kappa shape index (κ3) is 2.08. The highest BCUT2D eigenvalue weighted by molar-refractivity contribution is 5.15. The largest absolute Gasteiger partial charge is 0.502 e. The molecule has 1 aromatic rings. The third-order valence-corrected chi connectivity index (χ3v) is 3.71. The highest BCUT2D eigenvalue weighted by Crippen LogP contribution is 2.27. The van der Waals surface area contributed by atoms with Crippen molar-refractivity contribution in [3.8, 4) is 5.75 Å². The molecular formula is C12H16N2O3. The molecular weight excluding hydrogens is 220 g/mol. The molecule has 2 aliphatic heterocycles. The van der Waals surface area contributed by atoms with Gasteiger partial charge in [0.2, 0.25) is 5.43 Å². The lowest BCUT2D eigenvalue weighted by molar-refractivity contribution is 0.271. The van der Waals surface area contributed by atoms with Crippen LogP contribution in [0.5, 0.6) is 5.75 Å². The smallest absolute Gasteiger partial charge is 0.226 e. The molecule has 0 aliphatic carbocycles. The Hall–Kier alpha value is -1.33. The molecule has 3 heterocycles. The Bertz CT molecular complexity index is 459. The van der Waals surface area contributed by atoms with E-state index in [0.717, 1.165) is 44.3 Å². The zero-order valence-electron chi connectivity index (χ0n) is 9.56. The molecule has 0 saturated carbocycles. The van der Waals surface area contributed by atoms with Crippen molar-refractivity contribution in [2.45, 2.75) is 6.54 Å². The van der Waals surface area contributed by atoms with Gasteiger partial charge in [0.1, 0.15) is 12.0 Å². The molecule has 2 N–H and O–H groups in total. The molecule has 0 radical (unpaired) electrons. The first-order valence-corrected chi connectivity index (χ1v) is 5.96. The van der Waals surface area contributed by atoms with Crippen LogP contribution in [0, 0.1) is 11.8 Å². The van der Waals surface area contributed by atoms with Gasteiger partial charge in [-0.05, 0) is 24.9 Å². The van der Waals surface area contributed by atoms with Crippen LogP contribution in [0.3, 0.4) is 0 Å². The summed E-state index contributed by atoms with van der Waals surface area (Å²) < 4.78 is 5.22. The van der Waals surface area contributed by atoms with Gasteiger partial charge in [0.15, 0.2) is 5.75 Å². The molecule has 2 atom stereocenters. The van der Waals surface area contributed by atoms with Crippen LogP contribution in [-0.4, -0.2) is 36.2 Å². The number of aromatic hydroxyl groups is 1. The summed E-state index contributed by atoms with van der Waals surface area (Å²) in [7, 11) is 0. The van der Waals surface area contributed by atoms with Crippen LogP contribution in [0.2, 0.25) is 0 Å². The molecule has 0 unspecified atom stereocenters. The summed E-state index contributed by atoms with van der Waals surface area (Å²) >= 11 is 0. The Morgan fingerprint density at radius 1 is 1.41 bits per heavy atom. The number of rotatable bonds is 2. The second kappa shape index (κ2) is 4.16. The van der Waals surface area contributed by atoms with Crippen LogP contribution in [0.1, 0.15) is 5.76 Å². The quantitative estimate of drug-likeness (QED) is 0.756. The molecule has 0 aromatic carbocycles. The summed E-state index contributed by atoms with van der Waals surface area (Å²) in [4.78, 5) is 13.6. The lowest BCUT2D eigenvalue weighted by Crippen LogP contribution is -2.25. The Kier molecular flexibility index (Phi) is 2.64. The minimum Gasteiger partial charge on any atom is -0.502 e. The maximum absolute atomic E-state index is 11.3. The van der Waals surface area contributed by atoms with Gasteiger partial charge in [-0.1, -0.05) is 0 Å². The number of nitrogens with one attached hydrogen (secondary N) is 1. The van der Waals surface area contributed by atoms with Crippen molar-refractivity contribution in [3.63, 3.8) is 0 Å². The summed E-state index contributed by atoms with van der Waals surface area (Å²) in [5, 5.41) is 12.5. The van der Waals surface area contributed by atoms with Gasteiger partial charge in [0.05, 0.1) is 6.54 Å². The number of nitrogens with zero attached hydrogens (tertiary/aromatic N) is 1. The van der Waals surface area contributed by atoms with Gasteiger partial charge in [-0.3, -0.25) is 9.69 Å². The fourth-order valence-electron chi connectivity index (χ4n) is 2.83. The van der Waals surface area contributed by atoms with Crippen molar-refractivity contribution in [2.24, 2.45) is 11.8 Å². The Morgan fingerprint density at radius 3 is 2.76 bits per heavy atom. The lowest BCUT2D eigenvalue weighted by atomic mass is 10.0. The first-order valence-electron chi connectivity index (χ1n) is 5.96. The zero-order chi connectivity index (χ0) is 11.8. The fourth-order valence-corrected chi connectivity index (χ4v) is 2.83. The predicted molar refractivity (Wildman–Crippen MR) is 61.8 cm³/mol. The van der Waals surface area contributed by atoms with Crippen molar-refractivity contribution in [3.05, 3.63) is 28.3 Å². The van der Waals surface area contributed by atoms with Crippen molar-refractivity contribution in [1.82, 2.24) is 10.2 Å². The zero-order valence-corrected chi connectivity index (χ0v) is 9.56. The standard InChI is InChI=1S/C12H16N2O3/c15-11-1-10(17-7-12(11)16)6-14-4-8-2-13-3-9(8)5-14/h1,7-9,13,16H,2-6H2/t8-,9+. The molecule has 1 aromatic heterocycles. The summed E-state index contributed by atoms with van der Waals surface area (Å²) in [6.45, 7) is 4.97. The highest BCUT2D eigenvalue weighted by atomic mass is 16.4. The topological polar surface area (TPSA) is 65.7 Å². The second-order valence-corrected chi connectivity index (χ2v) is 4.97. The van der Waals surface area contributed by atoms with Crippen molar-refractivity contribution >= 4 is 0 Å². The van der Waals surface area contributed by atoms with E-state index >= 15 is 0 Å². The molecule has 0 amide bonds. The van der Waals surface area contributed by atoms with E-state index in [2.05, 4.69) is 10.2 Å². The van der Waals surface area contributed by atoms with Crippen molar-refractivity contribution in [2.75, 3.05) is 26.2 Å². The van der Waals surface area contributed by atoms with Gasteiger partial charge in [0, 0.05) is 19.2 Å². The van der Waals surface area contributed by atoms with Gasteiger partial charge < -0.3 is 14.8 Å². The van der Waals surface area contributed by atoms with E-state index in [9.17, 15) is 4.79 Å². The van der Waals surface area contributed by atoms with Crippen LogP contribution in [-0.2, 0) is 6.54 Å². The molecule has 92 valence electrons. The van der Waals surface area contributed by atoms with Crippen molar-refractivity contribution < 1.29 is 9.52 Å². The van der Waals surface area contributed by atoms with Gasteiger partial charge in [-0.2, -0.15) is 0 Å². The molecule has 0 bridgehead atoms. The van der Waals surface area contributed by atoms with E-state index in [0.29, 0.717) is 12.3 Å². The maximum Gasteiger partial charge on any atom is 0.226 e. The van der Waals surface area contributed by atoms with Crippen LogP contribution in [0.4, 0.5) is 0 Å². The van der Waals surface area contributed by atoms with Crippen LogP contribution in [0.25, 0.3) is 0 Å². The molecule has 2 saturated heterocycles. The van der Waals surface area contributed by atoms with E-state index in [1.807, 2.05) is 0 Å². The van der Waals surface area contributed by atoms with Gasteiger partial charge in [0.25, 0.3) is 0 Å². The molecule has 2 fully saturated rings. The first kappa shape index (κ1) is 10.8. The second-order valence-electron chi connectivity index (χ2n) is 4.97. The van der Waals surface area contributed by atoms with Crippen molar-refractivity contribution in [1.29, 1.82) is 0 Å². The third-order valence-electron chi connectivity index (χ3n) is 3.71. The van der Waals surface area contributed by atoms with Gasteiger partial charge in [-0.25, -0.2) is 0 Å². The van der Waals surface area contributed by atoms with E-state index in [-0.39, 0.29) is 11.2 Å². The highest BCUT2D eigenvalue weighted by Gasteiger charge is 2.36. The van der Waals surface area contributed by atoms with Crippen LogP contribution >= 0.6 is 0 Å². The van der Waals surface area contributed by atoms with Gasteiger partial charge in [-0.15, -0.1) is 0 Å². The Balaban J connectivity index is 1.67. The monoisotopic (exact) mass is 236 g/mol. The van der Waals surface area contributed by atoms with E-state index in [4.69, 9.17) is 9.52 Å². The van der Waals surface area contributed by atoms with E-state index in [1.54, 1.807) is 0 Å². The minimum absolute atomic E-state index is 0.323. The maximum atomic E-state index is 11.3. The number of likely N-dealkylation sites (tertiary alicyclic amines) is 1. The molecule has 5 nitrogen and oxygen atoms in total. The first-order chi connectivity index (χ1) is 8.22. The number of hydrogen-bond acceptors (Lipinski definition) is 5. The Morgan fingerprint density at radius 2 is 2.12 bits per heavy atom. The van der Waals surface area contributed by atoms with Crippen LogP contribution < -0.4 is 10.7 Å². The average molecular weight is 236 g/mol. The minimum atomic E-state index is -0.368. The molecule has 2 aliphatic rings. The summed E-state index contributed by atoms with van der Waals surface area (Å²) in [5.41, 5.74) is -0.368. The molecule has 17 heavy (non-hydrogen) atoms. The molecule has 5 heteroatoms. The molecule has 0 spiro atoms. The SMILES string of the molecule is O=c1cc(CN2C[C@H]3CNC[C@H]3C2)occ1O. The van der Waals surface area contributed by atoms with E-state index < -0.39 is 0 Å². The average Bonchev–Trinajstić information content (AvgIpc) is 2.84. The fraction of sp³-hybridized carbons (Fsp3) is 0.583. The summed E-state index contributed by atoms with van der Waals surface area (Å²) in [5.74, 6) is 1.77. The molecule has 3 rings (SSSR count). The summed E-state index contributed by atoms with van der Waals surface area (Å²) in [6, 6.07) is 1.38. The van der Waals surface area contributed by atoms with Crippen LogP contribution in [0.15, 0.2) is 21.5 Å². The lowest BCUT2D eigenvalue weighted by Gasteiger charge is -2.15.